The van der Waals surface area contributed by atoms with Gasteiger partial charge in [-0.25, -0.2) is 0 Å². The zero-order chi connectivity index (χ0) is 18.6. The van der Waals surface area contributed by atoms with Gasteiger partial charge in [-0.1, -0.05) is 19.0 Å². The van der Waals surface area contributed by atoms with Crippen LogP contribution in [0.15, 0.2) is 28.8 Å². The van der Waals surface area contributed by atoms with Gasteiger partial charge in [-0.3, -0.25) is 4.79 Å². The first kappa shape index (κ1) is 18.8. The molecule has 1 N–H and O–H groups in total. The number of hydrogen-bond acceptors (Lipinski definition) is 4. The number of benzene rings is 1. The molecule has 0 spiro atoms. The molecule has 0 saturated carbocycles. The SMILES string of the molecule is Cc1noc(C(C)C)c1C(=O)NCCOc1ccc(C(F)(F)F)cc1. The number of amides is 1. The Morgan fingerprint density at radius 3 is 2.48 bits per heavy atom. The number of hydrogen-bond donors (Lipinski definition) is 1. The molecule has 1 aromatic carbocycles. The number of nitrogens with zero attached hydrogens (tertiary/aromatic N) is 1. The fourth-order valence-corrected chi connectivity index (χ4v) is 2.22. The Kier molecular flexibility index (Phi) is 5.71. The number of halogens is 3. The summed E-state index contributed by atoms with van der Waals surface area (Å²) in [5, 5.41) is 6.49. The molecule has 0 aliphatic heterocycles. The van der Waals surface area contributed by atoms with Gasteiger partial charge in [0, 0.05) is 5.92 Å². The highest BCUT2D eigenvalue weighted by Crippen LogP contribution is 2.30. The van der Waals surface area contributed by atoms with Crippen LogP contribution < -0.4 is 10.1 Å². The van der Waals surface area contributed by atoms with Crippen molar-refractivity contribution in [3.05, 3.63) is 46.8 Å². The van der Waals surface area contributed by atoms with Crippen molar-refractivity contribution in [1.82, 2.24) is 10.5 Å². The normalized spacial score (nSPS) is 11.6. The van der Waals surface area contributed by atoms with Gasteiger partial charge in [-0.2, -0.15) is 13.2 Å². The van der Waals surface area contributed by atoms with Crippen LogP contribution in [0.4, 0.5) is 13.2 Å². The van der Waals surface area contributed by atoms with Crippen LogP contribution in [-0.2, 0) is 6.18 Å². The van der Waals surface area contributed by atoms with Crippen molar-refractivity contribution in [2.75, 3.05) is 13.2 Å². The molecule has 0 unspecified atom stereocenters. The molecule has 2 rings (SSSR count). The smallest absolute Gasteiger partial charge is 0.416 e. The van der Waals surface area contributed by atoms with E-state index in [1.165, 1.54) is 12.1 Å². The molecule has 2 aromatic rings. The predicted molar refractivity (Wildman–Crippen MR) is 84.6 cm³/mol. The van der Waals surface area contributed by atoms with Gasteiger partial charge in [0.2, 0.25) is 0 Å². The number of ether oxygens (including phenoxy) is 1. The Balaban J connectivity index is 1.85. The van der Waals surface area contributed by atoms with Crippen molar-refractivity contribution in [2.24, 2.45) is 0 Å². The maximum absolute atomic E-state index is 12.5. The van der Waals surface area contributed by atoms with Crippen LogP contribution >= 0.6 is 0 Å². The lowest BCUT2D eigenvalue weighted by Crippen LogP contribution is -2.29. The van der Waals surface area contributed by atoms with Crippen molar-refractivity contribution < 1.29 is 27.2 Å². The van der Waals surface area contributed by atoms with Crippen molar-refractivity contribution in [3.63, 3.8) is 0 Å². The van der Waals surface area contributed by atoms with Gasteiger partial charge in [0.05, 0.1) is 17.8 Å². The Morgan fingerprint density at radius 1 is 1.28 bits per heavy atom. The van der Waals surface area contributed by atoms with E-state index in [1.807, 2.05) is 13.8 Å². The molecule has 136 valence electrons. The number of carbonyl (C=O) groups is 1. The molecule has 0 radical (unpaired) electrons. The number of aryl methyl sites for hydroxylation is 1. The van der Waals surface area contributed by atoms with E-state index in [1.54, 1.807) is 6.92 Å². The molecule has 0 fully saturated rings. The Bertz CT molecular complexity index is 722. The molecule has 1 aromatic heterocycles. The average molecular weight is 356 g/mol. The number of rotatable bonds is 6. The second kappa shape index (κ2) is 7.58. The van der Waals surface area contributed by atoms with E-state index in [0.717, 1.165) is 12.1 Å². The molecule has 1 amide bonds. The summed E-state index contributed by atoms with van der Waals surface area (Å²) < 4.78 is 47.9. The van der Waals surface area contributed by atoms with Crippen LogP contribution in [-0.4, -0.2) is 24.2 Å². The first-order chi connectivity index (χ1) is 11.7. The molecule has 5 nitrogen and oxygen atoms in total. The van der Waals surface area contributed by atoms with Gasteiger partial charge in [-0.15, -0.1) is 0 Å². The van der Waals surface area contributed by atoms with Gasteiger partial charge < -0.3 is 14.6 Å². The largest absolute Gasteiger partial charge is 0.492 e. The summed E-state index contributed by atoms with van der Waals surface area (Å²) >= 11 is 0. The third-order valence-electron chi connectivity index (χ3n) is 3.48. The lowest BCUT2D eigenvalue weighted by atomic mass is 10.0. The van der Waals surface area contributed by atoms with Gasteiger partial charge >= 0.3 is 6.18 Å². The van der Waals surface area contributed by atoms with E-state index in [-0.39, 0.29) is 25.0 Å². The Hall–Kier alpha value is -2.51. The summed E-state index contributed by atoms with van der Waals surface area (Å²) in [4.78, 5) is 12.2. The Labute approximate surface area is 143 Å². The van der Waals surface area contributed by atoms with E-state index in [4.69, 9.17) is 9.26 Å². The number of alkyl halides is 3. The van der Waals surface area contributed by atoms with E-state index in [9.17, 15) is 18.0 Å². The number of nitrogens with one attached hydrogen (secondary N) is 1. The highest BCUT2D eigenvalue weighted by Gasteiger charge is 2.30. The fourth-order valence-electron chi connectivity index (χ4n) is 2.22. The Morgan fingerprint density at radius 2 is 1.92 bits per heavy atom. The zero-order valence-corrected chi connectivity index (χ0v) is 14.1. The van der Waals surface area contributed by atoms with E-state index in [2.05, 4.69) is 10.5 Å². The summed E-state index contributed by atoms with van der Waals surface area (Å²) in [7, 11) is 0. The first-order valence-electron chi connectivity index (χ1n) is 7.74. The molecule has 0 atom stereocenters. The van der Waals surface area contributed by atoms with Crippen molar-refractivity contribution in [3.8, 4) is 5.75 Å². The molecule has 0 aliphatic rings. The first-order valence-corrected chi connectivity index (χ1v) is 7.74. The quantitative estimate of drug-likeness (QED) is 0.797. The number of aromatic nitrogens is 1. The summed E-state index contributed by atoms with van der Waals surface area (Å²) in [5.74, 6) is 0.508. The minimum Gasteiger partial charge on any atom is -0.492 e. The van der Waals surface area contributed by atoms with Crippen LogP contribution in [0.3, 0.4) is 0 Å². The van der Waals surface area contributed by atoms with Gasteiger partial charge in [-0.05, 0) is 31.2 Å². The second-order valence-corrected chi connectivity index (χ2v) is 5.79. The second-order valence-electron chi connectivity index (χ2n) is 5.79. The minimum atomic E-state index is -4.38. The van der Waals surface area contributed by atoms with Gasteiger partial charge in [0.25, 0.3) is 5.91 Å². The summed E-state index contributed by atoms with van der Waals surface area (Å²) in [6.07, 6.45) is -4.38. The molecular formula is C17H19F3N2O3. The lowest BCUT2D eigenvalue weighted by Gasteiger charge is -2.10. The summed E-state index contributed by atoms with van der Waals surface area (Å²) in [5.41, 5.74) is 0.173. The number of carbonyl (C=O) groups excluding carboxylic acids is 1. The summed E-state index contributed by atoms with van der Waals surface area (Å²) in [6.45, 7) is 5.79. The van der Waals surface area contributed by atoms with Crippen LogP contribution in [0, 0.1) is 6.92 Å². The molecule has 0 saturated heterocycles. The molecule has 8 heteroatoms. The van der Waals surface area contributed by atoms with E-state index < -0.39 is 11.7 Å². The minimum absolute atomic E-state index is 0.0188. The van der Waals surface area contributed by atoms with Crippen LogP contribution in [0.2, 0.25) is 0 Å². The van der Waals surface area contributed by atoms with Gasteiger partial charge in [0.1, 0.15) is 17.9 Å². The van der Waals surface area contributed by atoms with Crippen LogP contribution in [0.5, 0.6) is 5.75 Å². The molecular weight excluding hydrogens is 337 g/mol. The van der Waals surface area contributed by atoms with Crippen LogP contribution in [0.1, 0.15) is 47.1 Å². The van der Waals surface area contributed by atoms with Crippen molar-refractivity contribution in [1.29, 1.82) is 0 Å². The third kappa shape index (κ3) is 4.74. The highest BCUT2D eigenvalue weighted by molar-refractivity contribution is 5.96. The predicted octanol–water partition coefficient (Wildman–Crippen LogP) is 3.93. The fraction of sp³-hybridized carbons (Fsp3) is 0.412. The zero-order valence-electron chi connectivity index (χ0n) is 14.1. The molecule has 25 heavy (non-hydrogen) atoms. The third-order valence-corrected chi connectivity index (χ3v) is 3.48. The lowest BCUT2D eigenvalue weighted by molar-refractivity contribution is -0.137. The van der Waals surface area contributed by atoms with Crippen molar-refractivity contribution >= 4 is 5.91 Å². The maximum Gasteiger partial charge on any atom is 0.416 e. The van der Waals surface area contributed by atoms with E-state index in [0.29, 0.717) is 22.8 Å². The maximum atomic E-state index is 12.5. The van der Waals surface area contributed by atoms with Crippen molar-refractivity contribution in [2.45, 2.75) is 32.9 Å². The topological polar surface area (TPSA) is 64.4 Å². The highest BCUT2D eigenvalue weighted by atomic mass is 19.4. The van der Waals surface area contributed by atoms with E-state index >= 15 is 0 Å². The van der Waals surface area contributed by atoms with Gasteiger partial charge in [0.15, 0.2) is 5.76 Å². The standard InChI is InChI=1S/C17H19F3N2O3/c1-10(2)15-14(11(3)22-25-15)16(23)21-8-9-24-13-6-4-12(5-7-13)17(18,19)20/h4-7,10H,8-9H2,1-3H3,(H,21,23). The van der Waals surface area contributed by atoms with Crippen LogP contribution in [0.25, 0.3) is 0 Å². The average Bonchev–Trinajstić information content (AvgIpc) is 2.93. The molecule has 0 aliphatic carbocycles. The monoisotopic (exact) mass is 356 g/mol. The molecule has 0 bridgehead atoms. The summed E-state index contributed by atoms with van der Waals surface area (Å²) in [6, 6.07) is 4.38. The molecule has 1 heterocycles.